The maximum atomic E-state index is 12.0. The molecule has 1 saturated heterocycles. The monoisotopic (exact) mass is 368 g/mol. The molecule has 7 heteroatoms. The summed E-state index contributed by atoms with van der Waals surface area (Å²) in [6, 6.07) is 5.48. The third-order valence-corrected chi connectivity index (χ3v) is 5.00. The minimum atomic E-state index is 0. The molecule has 1 atom stereocenters. The molecule has 1 fully saturated rings. The third kappa shape index (κ3) is 4.93. The van der Waals surface area contributed by atoms with Crippen molar-refractivity contribution in [1.82, 2.24) is 9.80 Å². The average Bonchev–Trinajstić information content (AvgIpc) is 2.71. The van der Waals surface area contributed by atoms with Gasteiger partial charge in [-0.2, -0.15) is 0 Å². The number of halogens is 3. The van der Waals surface area contributed by atoms with Crippen LogP contribution in [0.4, 0.5) is 0 Å². The first-order valence-corrected chi connectivity index (χ1v) is 8.30. The van der Waals surface area contributed by atoms with Gasteiger partial charge in [-0.25, -0.2) is 0 Å². The van der Waals surface area contributed by atoms with Crippen LogP contribution in [0.15, 0.2) is 18.2 Å². The van der Waals surface area contributed by atoms with Crippen molar-refractivity contribution in [2.24, 2.45) is 0 Å². The minimum Gasteiger partial charge on any atom is -0.326 e. The molecule has 1 aromatic carbocycles. The number of rotatable bonds is 5. The fraction of sp³-hybridized carbons (Fsp3) is 0.500. The molecule has 1 aromatic rings. The number of nitrogens with zero attached hydrogens (tertiary/aromatic N) is 2. The highest BCUT2D eigenvalue weighted by Crippen LogP contribution is 2.42. The van der Waals surface area contributed by atoms with E-state index in [4.69, 9.17) is 23.2 Å². The summed E-state index contributed by atoms with van der Waals surface area (Å²) >= 11 is 13.8. The summed E-state index contributed by atoms with van der Waals surface area (Å²) in [4.78, 5) is 16.1. The number of thioether (sulfide) groups is 1. The Kier molecular flexibility index (Phi) is 7.65. The molecule has 1 unspecified atom stereocenters. The van der Waals surface area contributed by atoms with E-state index in [9.17, 15) is 4.79 Å². The van der Waals surface area contributed by atoms with Gasteiger partial charge in [0.25, 0.3) is 0 Å². The van der Waals surface area contributed by atoms with Gasteiger partial charge < -0.3 is 9.80 Å². The summed E-state index contributed by atoms with van der Waals surface area (Å²) in [5.41, 5.74) is 0.969. The Balaban J connectivity index is 0.00000220. The number of hydrogen-bond donors (Lipinski definition) is 0. The largest absolute Gasteiger partial charge is 0.326 e. The van der Waals surface area contributed by atoms with Gasteiger partial charge in [-0.1, -0.05) is 29.3 Å². The molecule has 0 spiro atoms. The second kappa shape index (κ2) is 8.49. The third-order valence-electron chi connectivity index (χ3n) is 3.20. The van der Waals surface area contributed by atoms with E-state index in [1.54, 1.807) is 17.8 Å². The normalized spacial score (nSPS) is 18.2. The van der Waals surface area contributed by atoms with E-state index in [0.717, 1.165) is 25.1 Å². The molecule has 118 valence electrons. The van der Waals surface area contributed by atoms with Crippen molar-refractivity contribution < 1.29 is 4.79 Å². The Morgan fingerprint density at radius 2 is 2.10 bits per heavy atom. The van der Waals surface area contributed by atoms with E-state index >= 15 is 0 Å². The molecule has 0 aliphatic carbocycles. The summed E-state index contributed by atoms with van der Waals surface area (Å²) in [6.07, 6.45) is 0.959. The number of carbonyl (C=O) groups is 1. The van der Waals surface area contributed by atoms with Crippen LogP contribution in [0, 0.1) is 0 Å². The van der Waals surface area contributed by atoms with Gasteiger partial charge in [0.15, 0.2) is 0 Å². The second-order valence-electron chi connectivity index (χ2n) is 5.07. The molecule has 1 heterocycles. The molecule has 0 saturated carbocycles. The summed E-state index contributed by atoms with van der Waals surface area (Å²) in [5.74, 6) is 0.704. The summed E-state index contributed by atoms with van der Waals surface area (Å²) in [6.45, 7) is 1.73. The lowest BCUT2D eigenvalue weighted by molar-refractivity contribution is -0.128. The Labute approximate surface area is 146 Å². The molecule has 2 rings (SSSR count). The number of amides is 1. The Morgan fingerprint density at radius 3 is 2.71 bits per heavy atom. The van der Waals surface area contributed by atoms with E-state index in [0.29, 0.717) is 15.8 Å². The predicted octanol–water partition coefficient (Wildman–Crippen LogP) is 3.94. The molecule has 0 aromatic heterocycles. The van der Waals surface area contributed by atoms with Crippen LogP contribution >= 0.6 is 47.4 Å². The molecule has 1 amide bonds. The highest BCUT2D eigenvalue weighted by molar-refractivity contribution is 8.00. The number of carbonyl (C=O) groups excluding carboxylic acids is 1. The maximum absolute atomic E-state index is 12.0. The van der Waals surface area contributed by atoms with Gasteiger partial charge in [0.2, 0.25) is 5.91 Å². The van der Waals surface area contributed by atoms with Gasteiger partial charge >= 0.3 is 0 Å². The fourth-order valence-electron chi connectivity index (χ4n) is 2.21. The first-order chi connectivity index (χ1) is 9.49. The summed E-state index contributed by atoms with van der Waals surface area (Å²) < 4.78 is 0. The molecule has 3 nitrogen and oxygen atoms in total. The molecule has 21 heavy (non-hydrogen) atoms. The highest BCUT2D eigenvalue weighted by Gasteiger charge is 2.33. The van der Waals surface area contributed by atoms with Crippen LogP contribution in [0.3, 0.4) is 0 Å². The van der Waals surface area contributed by atoms with E-state index in [-0.39, 0.29) is 23.7 Å². The van der Waals surface area contributed by atoms with Gasteiger partial charge in [-0.05, 0) is 39.2 Å². The van der Waals surface area contributed by atoms with Crippen LogP contribution in [0.5, 0.6) is 0 Å². The van der Waals surface area contributed by atoms with Gasteiger partial charge in [0.1, 0.15) is 5.37 Å². The Morgan fingerprint density at radius 1 is 1.38 bits per heavy atom. The van der Waals surface area contributed by atoms with Crippen molar-refractivity contribution in [3.63, 3.8) is 0 Å². The molecular weight excluding hydrogens is 351 g/mol. The lowest BCUT2D eigenvalue weighted by Crippen LogP contribution is -2.31. The van der Waals surface area contributed by atoms with Crippen LogP contribution < -0.4 is 0 Å². The zero-order valence-electron chi connectivity index (χ0n) is 12.0. The van der Waals surface area contributed by atoms with E-state index in [2.05, 4.69) is 4.90 Å². The predicted molar refractivity (Wildman–Crippen MR) is 93.8 cm³/mol. The van der Waals surface area contributed by atoms with Gasteiger partial charge in [0, 0.05) is 22.2 Å². The molecule has 1 aliphatic rings. The number of benzene rings is 1. The first kappa shape index (κ1) is 18.9. The topological polar surface area (TPSA) is 23.6 Å². The smallest absolute Gasteiger partial charge is 0.233 e. The van der Waals surface area contributed by atoms with Gasteiger partial charge in [-0.3, -0.25) is 4.79 Å². The van der Waals surface area contributed by atoms with Gasteiger partial charge in [0.05, 0.1) is 5.75 Å². The molecular formula is C14H19Cl3N2OS. The van der Waals surface area contributed by atoms with Crippen LogP contribution in [-0.4, -0.2) is 48.6 Å². The quantitative estimate of drug-likeness (QED) is 0.785. The molecule has 0 N–H and O–H groups in total. The van der Waals surface area contributed by atoms with Crippen molar-refractivity contribution in [2.75, 3.05) is 32.9 Å². The average molecular weight is 370 g/mol. The van der Waals surface area contributed by atoms with E-state index < -0.39 is 0 Å². The highest BCUT2D eigenvalue weighted by atomic mass is 35.5. The van der Waals surface area contributed by atoms with Crippen molar-refractivity contribution in [1.29, 1.82) is 0 Å². The zero-order valence-corrected chi connectivity index (χ0v) is 15.2. The van der Waals surface area contributed by atoms with Crippen molar-refractivity contribution in [3.8, 4) is 0 Å². The van der Waals surface area contributed by atoms with Crippen molar-refractivity contribution >= 4 is 53.3 Å². The summed E-state index contributed by atoms with van der Waals surface area (Å²) in [5, 5.41) is 1.25. The first-order valence-electron chi connectivity index (χ1n) is 6.50. The van der Waals surface area contributed by atoms with E-state index in [1.165, 1.54) is 0 Å². The minimum absolute atomic E-state index is 0. The Hall–Kier alpha value is -0.130. The fourth-order valence-corrected chi connectivity index (χ4v) is 4.04. The van der Waals surface area contributed by atoms with Crippen LogP contribution in [0.1, 0.15) is 17.4 Å². The Bertz CT molecular complexity index is 499. The maximum Gasteiger partial charge on any atom is 0.233 e. The lowest BCUT2D eigenvalue weighted by atomic mass is 10.2. The van der Waals surface area contributed by atoms with Crippen molar-refractivity contribution in [3.05, 3.63) is 33.8 Å². The SMILES string of the molecule is CN(C)CCCN1C(=O)CSC1c1ccc(Cl)cc1Cl.Cl. The molecule has 0 bridgehead atoms. The lowest BCUT2D eigenvalue weighted by Gasteiger charge is -2.25. The van der Waals surface area contributed by atoms with Gasteiger partial charge in [-0.15, -0.1) is 24.2 Å². The van der Waals surface area contributed by atoms with Crippen molar-refractivity contribution in [2.45, 2.75) is 11.8 Å². The van der Waals surface area contributed by atoms with E-state index in [1.807, 2.05) is 31.1 Å². The van der Waals surface area contributed by atoms with Crippen LogP contribution in [0.2, 0.25) is 10.0 Å². The van der Waals surface area contributed by atoms with Crippen LogP contribution in [0.25, 0.3) is 0 Å². The second-order valence-corrected chi connectivity index (χ2v) is 6.99. The molecule has 0 radical (unpaired) electrons. The number of hydrogen-bond acceptors (Lipinski definition) is 3. The standard InChI is InChI=1S/C14H18Cl2N2OS.ClH/c1-17(2)6-3-7-18-13(19)9-20-14(18)11-5-4-10(15)8-12(11)16;/h4-5,8,14H,3,6-7,9H2,1-2H3;1H. The summed E-state index contributed by atoms with van der Waals surface area (Å²) in [7, 11) is 4.07. The zero-order chi connectivity index (χ0) is 14.7. The van der Waals surface area contributed by atoms with Crippen LogP contribution in [-0.2, 0) is 4.79 Å². The molecule has 1 aliphatic heterocycles.